The van der Waals surface area contributed by atoms with E-state index in [1.165, 1.54) is 0 Å². The zero-order valence-corrected chi connectivity index (χ0v) is 11.5. The van der Waals surface area contributed by atoms with Gasteiger partial charge in [0.2, 0.25) is 0 Å². The van der Waals surface area contributed by atoms with Crippen molar-refractivity contribution in [1.29, 1.82) is 0 Å². The molecule has 0 N–H and O–H groups in total. The third-order valence-electron chi connectivity index (χ3n) is 0. The van der Waals surface area contributed by atoms with Gasteiger partial charge in [-0.05, 0) is 0 Å². The third kappa shape index (κ3) is 8.82. The minimum absolute atomic E-state index is 0. The van der Waals surface area contributed by atoms with Crippen LogP contribution in [-0.4, -0.2) is 26.2 Å². The van der Waals surface area contributed by atoms with E-state index in [0.29, 0.717) is 0 Å². The fraction of sp³-hybridized carbons (Fsp3) is 0. The first-order valence-corrected chi connectivity index (χ1v) is 3.32. The SMILES string of the molecule is [BiH3].[Co][Mo].[Fe]. The van der Waals surface area contributed by atoms with Crippen LogP contribution in [0.5, 0.6) is 0 Å². The molecule has 0 bridgehead atoms. The predicted molar refractivity (Wildman–Crippen MR) is 9.94 cm³/mol. The van der Waals surface area contributed by atoms with E-state index in [9.17, 15) is 0 Å². The van der Waals surface area contributed by atoms with Crippen molar-refractivity contribution in [2.45, 2.75) is 0 Å². The largest absolute Gasteiger partial charge is 0 e. The molecule has 4 heteroatoms. The van der Waals surface area contributed by atoms with Gasteiger partial charge in [0.05, 0.1) is 0 Å². The average Bonchev–Trinajstić information content (AvgIpc) is 1.00. The topological polar surface area (TPSA) is 0 Å². The van der Waals surface area contributed by atoms with E-state index in [1.807, 2.05) is 0 Å². The Kier molecular flexibility index (Phi) is 70.0. The Labute approximate surface area is 73.0 Å². The van der Waals surface area contributed by atoms with Crippen LogP contribution in [0.4, 0.5) is 0 Å². The molecule has 0 heterocycles. The molecular formula is H3BiCoFeMo. The van der Waals surface area contributed by atoms with Gasteiger partial charge in [0, 0.05) is 17.1 Å². The molecule has 0 atom stereocenters. The van der Waals surface area contributed by atoms with Crippen molar-refractivity contribution in [3.63, 3.8) is 0 Å². The summed E-state index contributed by atoms with van der Waals surface area (Å²) >= 11 is 5.21. The smallest absolute Gasteiger partial charge is 0 e. The van der Waals surface area contributed by atoms with Crippen LogP contribution in [0.3, 0.4) is 0 Å². The second-order valence-corrected chi connectivity index (χ2v) is 0. The van der Waals surface area contributed by atoms with Crippen molar-refractivity contribution in [3.05, 3.63) is 0 Å². The molecule has 31 valence electrons. The summed E-state index contributed by atoms with van der Waals surface area (Å²) in [6, 6.07) is 0. The fourth-order valence-corrected chi connectivity index (χ4v) is 0. The molecule has 4 heavy (non-hydrogen) atoms. The van der Waals surface area contributed by atoms with Gasteiger partial charge in [-0.25, -0.2) is 0 Å². The van der Waals surface area contributed by atoms with Gasteiger partial charge < -0.3 is 0 Å². The van der Waals surface area contributed by atoms with Crippen molar-refractivity contribution < 1.29 is 48.0 Å². The molecule has 0 unspecified atom stereocenters. The van der Waals surface area contributed by atoms with E-state index in [0.717, 1.165) is 0 Å². The van der Waals surface area contributed by atoms with E-state index < -0.39 is 0 Å². The maximum absolute atomic E-state index is 3.57. The van der Waals surface area contributed by atoms with Gasteiger partial charge >= 0.3 is 57.1 Å². The molecule has 0 aliphatic carbocycles. The maximum Gasteiger partial charge on any atom is 0 e. The van der Waals surface area contributed by atoms with Gasteiger partial charge in [0.1, 0.15) is 0 Å². The monoisotopic (exact) mass is 425 g/mol. The molecule has 0 rings (SSSR count). The average molecular weight is 423 g/mol. The van der Waals surface area contributed by atoms with Crippen LogP contribution in [0.25, 0.3) is 0 Å². The summed E-state index contributed by atoms with van der Waals surface area (Å²) in [6.45, 7) is 0. The van der Waals surface area contributed by atoms with Crippen LogP contribution in [0, 0.1) is 0 Å². The number of rotatable bonds is 0. The Bertz CT molecular complexity index is 8.00. The van der Waals surface area contributed by atoms with Gasteiger partial charge in [-0.15, -0.1) is 0 Å². The molecule has 0 aliphatic heterocycles. The molecule has 0 aromatic carbocycles. The van der Waals surface area contributed by atoms with Crippen LogP contribution in [0.15, 0.2) is 0 Å². The quantitative estimate of drug-likeness (QED) is 0.431. The van der Waals surface area contributed by atoms with Crippen LogP contribution in [-0.2, 0) is 48.0 Å². The first-order chi connectivity index (χ1) is 1.00. The van der Waals surface area contributed by atoms with E-state index in [4.69, 9.17) is 0 Å². The second kappa shape index (κ2) is 17.5. The molecule has 0 radical (unpaired) electrons. The molecule has 0 saturated heterocycles. The standard InChI is InChI=1S/Bi.Co.Fe.Mo.3H. The first-order valence-electron chi connectivity index (χ1n) is 0.136. The number of hydrogen-bond donors (Lipinski definition) is 0. The summed E-state index contributed by atoms with van der Waals surface area (Å²) in [7, 11) is 0. The Morgan fingerprint density at radius 2 is 1.25 bits per heavy atom. The summed E-state index contributed by atoms with van der Waals surface area (Å²) in [4.78, 5) is 0. The van der Waals surface area contributed by atoms with Crippen molar-refractivity contribution in [3.8, 4) is 0 Å². The van der Waals surface area contributed by atoms with E-state index in [-0.39, 0.29) is 43.3 Å². The number of hydrogen-bond acceptors (Lipinski definition) is 0. The summed E-state index contributed by atoms with van der Waals surface area (Å²) in [5, 5.41) is 0. The second-order valence-electron chi connectivity index (χ2n) is 0. The first kappa shape index (κ1) is 16.0. The predicted octanol–water partition coefficient (Wildman–Crippen LogP) is -1.19. The Balaban J connectivity index is -0.00000000500. The Hall–Kier alpha value is 2.60. The Morgan fingerprint density at radius 1 is 1.25 bits per heavy atom. The van der Waals surface area contributed by atoms with Gasteiger partial charge in [0.25, 0.3) is 0 Å². The third-order valence-corrected chi connectivity index (χ3v) is 0. The minimum atomic E-state index is 0. The van der Waals surface area contributed by atoms with Crippen LogP contribution in [0.2, 0.25) is 0 Å². The van der Waals surface area contributed by atoms with Gasteiger partial charge in [-0.1, -0.05) is 0 Å². The van der Waals surface area contributed by atoms with Crippen LogP contribution < -0.4 is 0 Å². The van der Waals surface area contributed by atoms with Gasteiger partial charge in [-0.3, -0.25) is 0 Å². The van der Waals surface area contributed by atoms with Crippen LogP contribution >= 0.6 is 0 Å². The molecule has 0 aromatic rings. The van der Waals surface area contributed by atoms with Crippen molar-refractivity contribution >= 4 is 26.2 Å². The normalized spacial score (nSPS) is 1.50. The summed E-state index contributed by atoms with van der Waals surface area (Å²) < 4.78 is 0. The van der Waals surface area contributed by atoms with E-state index in [1.54, 1.807) is 17.8 Å². The fourth-order valence-electron chi connectivity index (χ4n) is 0. The zero-order chi connectivity index (χ0) is 2.00. The summed E-state index contributed by atoms with van der Waals surface area (Å²) in [5.41, 5.74) is 0. The van der Waals surface area contributed by atoms with E-state index >= 15 is 0 Å². The molecule has 0 amide bonds. The Morgan fingerprint density at radius 3 is 1.25 bits per heavy atom. The molecule has 0 nitrogen and oxygen atoms in total. The van der Waals surface area contributed by atoms with Crippen molar-refractivity contribution in [1.82, 2.24) is 0 Å². The molecule has 0 spiro atoms. The van der Waals surface area contributed by atoms with Gasteiger partial charge in [0.15, 0.2) is 0 Å². The molecule has 0 saturated carbocycles. The molecular weight excluding hydrogens is 420 g/mol. The zero-order valence-electron chi connectivity index (χ0n) is 1.80. The van der Waals surface area contributed by atoms with E-state index in [2.05, 4.69) is 13.1 Å². The minimum Gasteiger partial charge on any atom is 0 e. The summed E-state index contributed by atoms with van der Waals surface area (Å²) in [5.74, 6) is 0. The maximum atomic E-state index is 3.57. The van der Waals surface area contributed by atoms with Crippen LogP contribution in [0.1, 0.15) is 0 Å². The van der Waals surface area contributed by atoms with Crippen molar-refractivity contribution in [2.24, 2.45) is 0 Å². The molecule has 0 aliphatic rings. The molecule has 0 aromatic heterocycles. The van der Waals surface area contributed by atoms with Gasteiger partial charge in [-0.2, -0.15) is 0 Å². The van der Waals surface area contributed by atoms with Crippen molar-refractivity contribution in [2.75, 3.05) is 0 Å². The molecule has 0 fully saturated rings. The summed E-state index contributed by atoms with van der Waals surface area (Å²) in [6.07, 6.45) is 0.